The lowest BCUT2D eigenvalue weighted by molar-refractivity contribution is 0.0913. The van der Waals surface area contributed by atoms with Crippen LogP contribution in [0.4, 0.5) is 4.79 Å². The van der Waals surface area contributed by atoms with Crippen LogP contribution in [0.25, 0.3) is 16.9 Å². The van der Waals surface area contributed by atoms with Crippen LogP contribution in [0.1, 0.15) is 22.8 Å². The number of hydrogen-bond donors (Lipinski definition) is 2. The predicted molar refractivity (Wildman–Crippen MR) is 108 cm³/mol. The molecule has 2 aromatic carbocycles. The van der Waals surface area contributed by atoms with E-state index in [1.807, 2.05) is 49.4 Å². The molecule has 1 heterocycles. The number of amides is 2. The first-order chi connectivity index (χ1) is 14.0. The van der Waals surface area contributed by atoms with Crippen molar-refractivity contribution in [2.24, 2.45) is 0 Å². The molecule has 0 aliphatic rings. The van der Waals surface area contributed by atoms with E-state index in [2.05, 4.69) is 16.0 Å². The summed E-state index contributed by atoms with van der Waals surface area (Å²) in [6.07, 6.45) is 0.872. The number of methoxy groups -OCH3 is 1. The number of hydrogen-bond acceptors (Lipinski definition) is 5. The molecule has 0 atom stereocenters. The van der Waals surface area contributed by atoms with Gasteiger partial charge in [-0.2, -0.15) is 5.10 Å². The summed E-state index contributed by atoms with van der Waals surface area (Å²) in [4.78, 5) is 24.2. The lowest BCUT2D eigenvalue weighted by atomic mass is 10.1. The Morgan fingerprint density at radius 1 is 1.10 bits per heavy atom. The standard InChI is InChI=1S/C21H22N4O4/c1-4-29-21(27)23-22-20(26)18-13-25(16-10-8-14(2)9-11-16)24-19(18)15-6-5-7-17(12-15)28-3/h5-13H,4H2,1-3H3,(H,22,26)(H,23,27). The van der Waals surface area contributed by atoms with Crippen molar-refractivity contribution >= 4 is 12.0 Å². The second kappa shape index (κ2) is 8.92. The minimum absolute atomic E-state index is 0.197. The Labute approximate surface area is 168 Å². The van der Waals surface area contributed by atoms with Crippen molar-refractivity contribution in [1.29, 1.82) is 0 Å². The molecule has 0 aliphatic heterocycles. The lowest BCUT2D eigenvalue weighted by Crippen LogP contribution is -2.42. The van der Waals surface area contributed by atoms with Gasteiger partial charge < -0.3 is 9.47 Å². The maximum absolute atomic E-state index is 12.7. The van der Waals surface area contributed by atoms with Crippen LogP contribution in [0.3, 0.4) is 0 Å². The number of aryl methyl sites for hydroxylation is 1. The van der Waals surface area contributed by atoms with E-state index in [-0.39, 0.29) is 12.2 Å². The maximum Gasteiger partial charge on any atom is 0.426 e. The fourth-order valence-electron chi connectivity index (χ4n) is 2.70. The summed E-state index contributed by atoms with van der Waals surface area (Å²) < 4.78 is 11.7. The zero-order chi connectivity index (χ0) is 20.8. The summed E-state index contributed by atoms with van der Waals surface area (Å²) in [7, 11) is 1.57. The van der Waals surface area contributed by atoms with Gasteiger partial charge in [-0.05, 0) is 38.1 Å². The second-order valence-corrected chi connectivity index (χ2v) is 6.20. The summed E-state index contributed by atoms with van der Waals surface area (Å²) in [5.41, 5.74) is 7.93. The van der Waals surface area contributed by atoms with Gasteiger partial charge in [-0.3, -0.25) is 10.2 Å². The summed E-state index contributed by atoms with van der Waals surface area (Å²) in [6, 6.07) is 15.0. The highest BCUT2D eigenvalue weighted by Crippen LogP contribution is 2.27. The zero-order valence-electron chi connectivity index (χ0n) is 16.4. The summed E-state index contributed by atoms with van der Waals surface area (Å²) in [5.74, 6) is 0.123. The number of nitrogens with zero attached hydrogens (tertiary/aromatic N) is 2. The molecular weight excluding hydrogens is 372 g/mol. The number of nitrogens with one attached hydrogen (secondary N) is 2. The van der Waals surface area contributed by atoms with Gasteiger partial charge in [0.2, 0.25) is 0 Å². The largest absolute Gasteiger partial charge is 0.497 e. The minimum Gasteiger partial charge on any atom is -0.497 e. The number of benzene rings is 2. The monoisotopic (exact) mass is 394 g/mol. The van der Waals surface area contributed by atoms with Crippen molar-refractivity contribution in [3.8, 4) is 22.7 Å². The van der Waals surface area contributed by atoms with E-state index >= 15 is 0 Å². The molecule has 0 spiro atoms. The Balaban J connectivity index is 1.98. The number of ether oxygens (including phenoxy) is 2. The van der Waals surface area contributed by atoms with Crippen molar-refractivity contribution in [3.05, 3.63) is 65.9 Å². The van der Waals surface area contributed by atoms with E-state index in [0.717, 1.165) is 11.3 Å². The predicted octanol–water partition coefficient (Wildman–Crippen LogP) is 3.25. The number of carbonyl (C=O) groups excluding carboxylic acids is 2. The fourth-order valence-corrected chi connectivity index (χ4v) is 2.70. The third-order valence-corrected chi connectivity index (χ3v) is 4.15. The van der Waals surface area contributed by atoms with Gasteiger partial charge in [-0.1, -0.05) is 29.8 Å². The molecular formula is C21H22N4O4. The molecule has 1 aromatic heterocycles. The highest BCUT2D eigenvalue weighted by Gasteiger charge is 2.20. The Morgan fingerprint density at radius 2 is 1.86 bits per heavy atom. The van der Waals surface area contributed by atoms with Crippen LogP contribution in [-0.4, -0.2) is 35.5 Å². The summed E-state index contributed by atoms with van der Waals surface area (Å²) >= 11 is 0. The first kappa shape index (κ1) is 19.9. The number of carbonyl (C=O) groups is 2. The van der Waals surface area contributed by atoms with Crippen LogP contribution in [0.5, 0.6) is 5.75 Å². The van der Waals surface area contributed by atoms with Gasteiger partial charge in [0.25, 0.3) is 5.91 Å². The maximum atomic E-state index is 12.7. The van der Waals surface area contributed by atoms with E-state index in [0.29, 0.717) is 17.0 Å². The SMILES string of the molecule is CCOC(=O)NNC(=O)c1cn(-c2ccc(C)cc2)nc1-c1cccc(OC)c1. The second-order valence-electron chi connectivity index (χ2n) is 6.20. The number of aromatic nitrogens is 2. The molecule has 29 heavy (non-hydrogen) atoms. The fraction of sp³-hybridized carbons (Fsp3) is 0.190. The van der Waals surface area contributed by atoms with Crippen molar-refractivity contribution in [1.82, 2.24) is 20.6 Å². The third-order valence-electron chi connectivity index (χ3n) is 4.15. The van der Waals surface area contributed by atoms with Crippen molar-refractivity contribution < 1.29 is 19.1 Å². The van der Waals surface area contributed by atoms with Crippen LogP contribution in [-0.2, 0) is 4.74 Å². The molecule has 3 rings (SSSR count). The number of hydrazine groups is 1. The average Bonchev–Trinajstić information content (AvgIpc) is 3.18. The smallest absolute Gasteiger partial charge is 0.426 e. The lowest BCUT2D eigenvalue weighted by Gasteiger charge is -2.07. The Morgan fingerprint density at radius 3 is 2.55 bits per heavy atom. The van der Waals surface area contributed by atoms with Gasteiger partial charge in [0.15, 0.2) is 0 Å². The van der Waals surface area contributed by atoms with Crippen molar-refractivity contribution in [3.63, 3.8) is 0 Å². The van der Waals surface area contributed by atoms with Crippen LogP contribution >= 0.6 is 0 Å². The zero-order valence-corrected chi connectivity index (χ0v) is 16.4. The van der Waals surface area contributed by atoms with E-state index in [4.69, 9.17) is 9.47 Å². The average molecular weight is 394 g/mol. The van der Waals surface area contributed by atoms with Gasteiger partial charge in [0.1, 0.15) is 11.4 Å². The topological polar surface area (TPSA) is 94.5 Å². The van der Waals surface area contributed by atoms with Gasteiger partial charge in [-0.15, -0.1) is 0 Å². The molecule has 150 valence electrons. The molecule has 0 saturated heterocycles. The van der Waals surface area contributed by atoms with Gasteiger partial charge >= 0.3 is 6.09 Å². The molecule has 0 saturated carbocycles. The molecule has 0 bridgehead atoms. The Hall–Kier alpha value is -3.81. The third kappa shape index (κ3) is 4.73. The molecule has 8 heteroatoms. The molecule has 0 fully saturated rings. The van der Waals surface area contributed by atoms with E-state index in [1.54, 1.807) is 31.0 Å². The van der Waals surface area contributed by atoms with Gasteiger partial charge in [0.05, 0.1) is 25.0 Å². The first-order valence-corrected chi connectivity index (χ1v) is 9.06. The first-order valence-electron chi connectivity index (χ1n) is 9.06. The van der Waals surface area contributed by atoms with Crippen LogP contribution < -0.4 is 15.6 Å². The van der Waals surface area contributed by atoms with Crippen LogP contribution in [0.2, 0.25) is 0 Å². The minimum atomic E-state index is -0.741. The Bertz CT molecular complexity index is 1010. The van der Waals surface area contributed by atoms with Crippen LogP contribution in [0.15, 0.2) is 54.7 Å². The van der Waals surface area contributed by atoms with Gasteiger partial charge in [0, 0.05) is 11.8 Å². The summed E-state index contributed by atoms with van der Waals surface area (Å²) in [6.45, 7) is 3.87. The molecule has 2 amide bonds. The highest BCUT2D eigenvalue weighted by molar-refractivity contribution is 6.00. The summed E-state index contributed by atoms with van der Waals surface area (Å²) in [5, 5.41) is 4.60. The molecule has 8 nitrogen and oxygen atoms in total. The highest BCUT2D eigenvalue weighted by atomic mass is 16.6. The normalized spacial score (nSPS) is 10.3. The van der Waals surface area contributed by atoms with E-state index in [9.17, 15) is 9.59 Å². The van der Waals surface area contributed by atoms with Gasteiger partial charge in [-0.25, -0.2) is 14.9 Å². The molecule has 2 N–H and O–H groups in total. The quantitative estimate of drug-likeness (QED) is 0.648. The van der Waals surface area contributed by atoms with Crippen molar-refractivity contribution in [2.75, 3.05) is 13.7 Å². The van der Waals surface area contributed by atoms with E-state index in [1.165, 1.54) is 0 Å². The molecule has 3 aromatic rings. The molecule has 0 unspecified atom stereocenters. The van der Waals surface area contributed by atoms with Crippen LogP contribution in [0, 0.1) is 6.92 Å². The molecule has 0 aliphatic carbocycles. The Kier molecular flexibility index (Phi) is 6.13. The van der Waals surface area contributed by atoms with Crippen molar-refractivity contribution in [2.45, 2.75) is 13.8 Å². The number of rotatable bonds is 5. The molecule has 0 radical (unpaired) electrons. The van der Waals surface area contributed by atoms with E-state index < -0.39 is 12.0 Å².